The summed E-state index contributed by atoms with van der Waals surface area (Å²) in [5.41, 5.74) is 2.62. The molecule has 0 unspecified atom stereocenters. The molecule has 2 heterocycles. The first-order chi connectivity index (χ1) is 16.3. The molecule has 1 aromatic heterocycles. The van der Waals surface area contributed by atoms with Gasteiger partial charge in [-0.15, -0.1) is 10.2 Å². The topological polar surface area (TPSA) is 99.4 Å². The number of thioether (sulfide) groups is 1. The third kappa shape index (κ3) is 7.28. The quantitative estimate of drug-likeness (QED) is 0.367. The second-order valence-corrected chi connectivity index (χ2v) is 9.86. The highest BCUT2D eigenvalue weighted by molar-refractivity contribution is 8.03. The maximum absolute atomic E-state index is 8.49. The van der Waals surface area contributed by atoms with E-state index in [4.69, 9.17) is 18.6 Å². The Balaban J connectivity index is 0.000000588. The Bertz CT molecular complexity index is 1220. The number of fused-ring (bicyclic) bond motifs is 2. The summed E-state index contributed by atoms with van der Waals surface area (Å²) in [6.45, 7) is 6.35. The lowest BCUT2D eigenvalue weighted by Gasteiger charge is -2.17. The molecular weight excluding hydrogens is 492 g/mol. The molecule has 0 saturated heterocycles. The van der Waals surface area contributed by atoms with Crippen molar-refractivity contribution in [1.29, 1.82) is 0 Å². The molecule has 0 amide bonds. The van der Waals surface area contributed by atoms with Crippen molar-refractivity contribution in [3.63, 3.8) is 0 Å². The van der Waals surface area contributed by atoms with Crippen LogP contribution in [0.5, 0.6) is 0 Å². The molecule has 0 N–H and O–H groups in total. The van der Waals surface area contributed by atoms with Gasteiger partial charge in [-0.1, -0.05) is 77.7 Å². The van der Waals surface area contributed by atoms with Gasteiger partial charge in [0.2, 0.25) is 5.52 Å². The number of allylic oxidation sites excluding steroid dienone is 6. The lowest BCUT2D eigenvalue weighted by molar-refractivity contribution is -2.00. The SMILES string of the molecule is CCN1\C(=C/C=C/C=C/C=C/c2sc3ccccc3[n+]2CC)Sc2ccccc21.[O-][Cl+3]([O-])([O-])[O-]. The Hall–Kier alpha value is -2.43. The second kappa shape index (κ2) is 12.3. The minimum absolute atomic E-state index is 0.981. The summed E-state index contributed by atoms with van der Waals surface area (Å²) in [4.78, 5) is 3.69. The highest BCUT2D eigenvalue weighted by Crippen LogP contribution is 2.45. The Morgan fingerprint density at radius 3 is 2.26 bits per heavy atom. The highest BCUT2D eigenvalue weighted by Gasteiger charge is 2.22. The van der Waals surface area contributed by atoms with Gasteiger partial charge in [-0.2, -0.15) is 4.57 Å². The van der Waals surface area contributed by atoms with Gasteiger partial charge >= 0.3 is 0 Å². The van der Waals surface area contributed by atoms with Crippen LogP contribution in [0.3, 0.4) is 0 Å². The van der Waals surface area contributed by atoms with Crippen molar-refractivity contribution in [1.82, 2.24) is 0 Å². The molecule has 178 valence electrons. The molecule has 9 heteroatoms. The lowest BCUT2D eigenvalue weighted by atomic mass is 10.3. The van der Waals surface area contributed by atoms with Gasteiger partial charge in [0.25, 0.3) is 5.01 Å². The number of hydrogen-bond donors (Lipinski definition) is 0. The fourth-order valence-corrected chi connectivity index (χ4v) is 5.75. The van der Waals surface area contributed by atoms with Gasteiger partial charge in [0, 0.05) is 23.6 Å². The van der Waals surface area contributed by atoms with Crippen molar-refractivity contribution in [3.8, 4) is 0 Å². The predicted octanol–water partition coefficient (Wildman–Crippen LogP) is 2.05. The van der Waals surface area contributed by atoms with Crippen molar-refractivity contribution < 1.29 is 33.4 Å². The number of anilines is 1. The molecule has 1 aliphatic heterocycles. The first-order valence-electron chi connectivity index (χ1n) is 10.6. The van der Waals surface area contributed by atoms with Gasteiger partial charge in [0.1, 0.15) is 11.2 Å². The Morgan fingerprint density at radius 1 is 0.882 bits per heavy atom. The van der Waals surface area contributed by atoms with E-state index in [2.05, 4.69) is 114 Å². The first-order valence-corrected chi connectivity index (χ1v) is 13.5. The number of aryl methyl sites for hydroxylation is 1. The minimum Gasteiger partial charge on any atom is -0.335 e. The monoisotopic (exact) mass is 516 g/mol. The van der Waals surface area contributed by atoms with Crippen molar-refractivity contribution in [3.05, 3.63) is 95.0 Å². The largest absolute Gasteiger partial charge is 0.335 e. The number of nitrogens with zero attached hydrogens (tertiary/aromatic N) is 2. The van der Waals surface area contributed by atoms with Crippen molar-refractivity contribution in [2.45, 2.75) is 25.3 Å². The van der Waals surface area contributed by atoms with Crippen molar-refractivity contribution in [2.75, 3.05) is 11.4 Å². The average molecular weight is 517 g/mol. The van der Waals surface area contributed by atoms with E-state index in [0.29, 0.717) is 0 Å². The molecule has 0 atom stereocenters. The third-order valence-electron chi connectivity index (χ3n) is 4.83. The van der Waals surface area contributed by atoms with E-state index >= 15 is 0 Å². The summed E-state index contributed by atoms with van der Waals surface area (Å²) in [6, 6.07) is 17.2. The molecule has 0 radical (unpaired) electrons. The molecule has 0 saturated carbocycles. The van der Waals surface area contributed by atoms with Gasteiger partial charge in [-0.05, 0) is 38.1 Å². The summed E-state index contributed by atoms with van der Waals surface area (Å²) < 4.78 is 37.7. The summed E-state index contributed by atoms with van der Waals surface area (Å²) in [5.74, 6) is 0. The van der Waals surface area contributed by atoms with Gasteiger partial charge in [0.15, 0.2) is 0 Å². The highest BCUT2D eigenvalue weighted by atomic mass is 35.7. The second-order valence-electron chi connectivity index (χ2n) is 6.98. The third-order valence-corrected chi connectivity index (χ3v) is 7.09. The number of aromatic nitrogens is 1. The van der Waals surface area contributed by atoms with E-state index in [1.807, 2.05) is 23.1 Å². The maximum Gasteiger partial charge on any atom is 0.262 e. The van der Waals surface area contributed by atoms with E-state index < -0.39 is 10.2 Å². The number of halogens is 1. The van der Waals surface area contributed by atoms with Crippen LogP contribution in [0, 0.1) is 10.2 Å². The van der Waals surface area contributed by atoms with Crippen molar-refractivity contribution >= 4 is 45.1 Å². The zero-order valence-corrected chi connectivity index (χ0v) is 21.2. The van der Waals surface area contributed by atoms with Crippen LogP contribution in [0.15, 0.2) is 94.9 Å². The van der Waals surface area contributed by atoms with E-state index in [1.54, 1.807) is 0 Å². The first kappa shape index (κ1) is 26.2. The van der Waals surface area contributed by atoms with Crippen LogP contribution in [0.1, 0.15) is 18.9 Å². The van der Waals surface area contributed by atoms with Gasteiger partial charge in [-0.3, -0.25) is 0 Å². The molecule has 2 aromatic carbocycles. The number of benzene rings is 2. The lowest BCUT2D eigenvalue weighted by Crippen LogP contribution is -2.68. The maximum atomic E-state index is 8.49. The number of thiazole rings is 1. The molecule has 0 aliphatic carbocycles. The zero-order valence-electron chi connectivity index (χ0n) is 18.8. The fourth-order valence-electron chi connectivity index (χ4n) is 3.47. The number of hydrogen-bond acceptors (Lipinski definition) is 7. The standard InChI is InChI=1S/C25H25N2S2.ClHO4/c1-3-26-20-14-10-12-16-22(20)28-24(26)18-8-6-5-7-9-19-25-27(4-2)21-15-11-13-17-23(21)29-25;2-1(3,4)5/h5-19H,3-4H2,1-2H3;(H,2,3,4,5)/q+1;/p-1. The van der Waals surface area contributed by atoms with Gasteiger partial charge < -0.3 is 4.90 Å². The van der Waals surface area contributed by atoms with Crippen LogP contribution in [0.25, 0.3) is 16.3 Å². The number of rotatable bonds is 6. The molecule has 0 fully saturated rings. The van der Waals surface area contributed by atoms with E-state index in [0.717, 1.165) is 13.1 Å². The van der Waals surface area contributed by atoms with Crippen LogP contribution < -0.4 is 28.1 Å². The van der Waals surface area contributed by atoms with E-state index in [-0.39, 0.29) is 0 Å². The van der Waals surface area contributed by atoms with Crippen LogP contribution in [0.2, 0.25) is 0 Å². The molecule has 4 rings (SSSR count). The molecule has 6 nitrogen and oxygen atoms in total. The number of para-hydroxylation sites is 2. The minimum atomic E-state index is -4.94. The molecule has 3 aromatic rings. The fraction of sp³-hybridized carbons (Fsp3) is 0.160. The Kier molecular flexibility index (Phi) is 9.49. The molecular formula is C25H25ClN2O4S2. The van der Waals surface area contributed by atoms with Crippen LogP contribution in [0.4, 0.5) is 5.69 Å². The van der Waals surface area contributed by atoms with Crippen LogP contribution >= 0.6 is 23.1 Å². The van der Waals surface area contributed by atoms with E-state index in [1.165, 1.54) is 30.8 Å². The molecule has 0 spiro atoms. The summed E-state index contributed by atoms with van der Waals surface area (Å²) in [6.07, 6.45) is 14.9. The summed E-state index contributed by atoms with van der Waals surface area (Å²) in [5, 5.41) is 2.56. The Labute approximate surface area is 209 Å². The zero-order chi connectivity index (χ0) is 24.6. The smallest absolute Gasteiger partial charge is 0.262 e. The predicted molar refractivity (Wildman–Crippen MR) is 128 cm³/mol. The molecule has 0 bridgehead atoms. The average Bonchev–Trinajstić information content (AvgIpc) is 3.34. The van der Waals surface area contributed by atoms with Crippen LogP contribution in [-0.4, -0.2) is 6.54 Å². The summed E-state index contributed by atoms with van der Waals surface area (Å²) >= 11 is 3.67. The van der Waals surface area contributed by atoms with Gasteiger partial charge in [0.05, 0.1) is 10.7 Å². The molecule has 1 aliphatic rings. The summed E-state index contributed by atoms with van der Waals surface area (Å²) in [7, 11) is -4.94. The Morgan fingerprint density at radius 2 is 1.53 bits per heavy atom. The van der Waals surface area contributed by atoms with E-state index in [9.17, 15) is 0 Å². The van der Waals surface area contributed by atoms with Crippen LogP contribution in [-0.2, 0) is 6.54 Å². The van der Waals surface area contributed by atoms with Crippen molar-refractivity contribution in [2.24, 2.45) is 0 Å². The molecule has 34 heavy (non-hydrogen) atoms. The van der Waals surface area contributed by atoms with Gasteiger partial charge in [-0.25, -0.2) is 18.6 Å². The normalized spacial score (nSPS) is 15.1.